The zero-order valence-corrected chi connectivity index (χ0v) is 11.2. The predicted molar refractivity (Wildman–Crippen MR) is 72.9 cm³/mol. The topological polar surface area (TPSA) is 54.6 Å². The molecule has 0 bridgehead atoms. The molecule has 0 radical (unpaired) electrons. The minimum atomic E-state index is -0.0615. The molecule has 0 aliphatic carbocycles. The molecule has 2 aromatic rings. The van der Waals surface area contributed by atoms with Gasteiger partial charge in [-0.2, -0.15) is 0 Å². The molecule has 4 nitrogen and oxygen atoms in total. The van der Waals surface area contributed by atoms with Crippen LogP contribution in [0.4, 0.5) is 0 Å². The fourth-order valence-electron chi connectivity index (χ4n) is 1.87. The maximum Gasteiger partial charge on any atom is 0.129 e. The predicted octanol–water partition coefficient (Wildman–Crippen LogP) is 2.63. The van der Waals surface area contributed by atoms with E-state index >= 15 is 0 Å². The number of hydrogen-bond donors (Lipinski definition) is 2. The summed E-state index contributed by atoms with van der Waals surface area (Å²) < 4.78 is 10.6. The van der Waals surface area contributed by atoms with Gasteiger partial charge in [0.25, 0.3) is 0 Å². The summed E-state index contributed by atoms with van der Waals surface area (Å²) in [5.74, 6) is 2.27. The Morgan fingerprint density at radius 1 is 1.16 bits per heavy atom. The molecule has 0 unspecified atom stereocenters. The van der Waals surface area contributed by atoms with Crippen molar-refractivity contribution in [3.63, 3.8) is 0 Å². The minimum absolute atomic E-state index is 0.0615. The number of benzene rings is 1. The molecule has 0 amide bonds. The number of nitrogens with one attached hydrogen (secondary N) is 1. The van der Waals surface area contributed by atoms with Gasteiger partial charge in [0.2, 0.25) is 0 Å². The Bertz CT molecular complexity index is 504. The van der Waals surface area contributed by atoms with Crippen molar-refractivity contribution < 1.29 is 14.3 Å². The van der Waals surface area contributed by atoms with E-state index in [9.17, 15) is 0 Å². The van der Waals surface area contributed by atoms with Gasteiger partial charge in [0.05, 0.1) is 13.7 Å². The quantitative estimate of drug-likeness (QED) is 0.839. The van der Waals surface area contributed by atoms with Crippen LogP contribution in [0.25, 0.3) is 0 Å². The van der Waals surface area contributed by atoms with Crippen LogP contribution in [0, 0.1) is 0 Å². The lowest BCUT2D eigenvalue weighted by Gasteiger charge is -2.13. The van der Waals surface area contributed by atoms with Gasteiger partial charge >= 0.3 is 0 Å². The molecular formula is C15H19NO3. The highest BCUT2D eigenvalue weighted by atomic mass is 16.5. The molecule has 1 heterocycles. The van der Waals surface area contributed by atoms with Crippen molar-refractivity contribution >= 4 is 0 Å². The largest absolute Gasteiger partial charge is 0.497 e. The zero-order valence-electron chi connectivity index (χ0n) is 11.2. The van der Waals surface area contributed by atoms with E-state index in [0.29, 0.717) is 12.3 Å². The van der Waals surface area contributed by atoms with Gasteiger partial charge in [-0.3, -0.25) is 0 Å². The monoisotopic (exact) mass is 261 g/mol. The van der Waals surface area contributed by atoms with E-state index in [1.165, 1.54) is 5.56 Å². The lowest BCUT2D eigenvalue weighted by atomic mass is 10.1. The maximum atomic E-state index is 8.93. The van der Waals surface area contributed by atoms with Crippen molar-refractivity contribution in [2.75, 3.05) is 7.11 Å². The first-order valence-corrected chi connectivity index (χ1v) is 6.28. The molecule has 0 aliphatic rings. The fourth-order valence-corrected chi connectivity index (χ4v) is 1.87. The molecule has 0 fully saturated rings. The van der Waals surface area contributed by atoms with Crippen molar-refractivity contribution in [3.05, 3.63) is 53.5 Å². The zero-order chi connectivity index (χ0) is 13.7. The van der Waals surface area contributed by atoms with E-state index in [1.807, 2.05) is 30.3 Å². The molecule has 2 rings (SSSR count). The van der Waals surface area contributed by atoms with Crippen LogP contribution in [0.3, 0.4) is 0 Å². The van der Waals surface area contributed by atoms with Gasteiger partial charge in [-0.25, -0.2) is 0 Å². The van der Waals surface area contributed by atoms with E-state index in [4.69, 9.17) is 14.3 Å². The van der Waals surface area contributed by atoms with Crippen LogP contribution in [-0.4, -0.2) is 12.2 Å². The van der Waals surface area contributed by atoms with Crippen LogP contribution >= 0.6 is 0 Å². The average molecular weight is 261 g/mol. The molecule has 0 spiro atoms. The van der Waals surface area contributed by atoms with Gasteiger partial charge in [0.1, 0.15) is 23.9 Å². The third-order valence-corrected chi connectivity index (χ3v) is 3.07. The van der Waals surface area contributed by atoms with Gasteiger partial charge in [-0.15, -0.1) is 0 Å². The minimum Gasteiger partial charge on any atom is -0.497 e. The number of rotatable bonds is 6. The molecule has 1 aromatic carbocycles. The summed E-state index contributed by atoms with van der Waals surface area (Å²) in [6.07, 6.45) is 0. The lowest BCUT2D eigenvalue weighted by molar-refractivity contribution is 0.242. The molecule has 0 aliphatic heterocycles. The van der Waals surface area contributed by atoms with Crippen LogP contribution in [-0.2, 0) is 13.2 Å². The van der Waals surface area contributed by atoms with E-state index in [2.05, 4.69) is 12.2 Å². The number of aliphatic hydroxyl groups excluding tert-OH is 1. The van der Waals surface area contributed by atoms with Crippen LogP contribution < -0.4 is 10.1 Å². The maximum absolute atomic E-state index is 8.93. The number of ether oxygens (including phenoxy) is 1. The van der Waals surface area contributed by atoms with Crippen LogP contribution in [0.2, 0.25) is 0 Å². The molecule has 4 heteroatoms. The SMILES string of the molecule is COc1ccc([C@H](C)NCc2ccc(CO)o2)cc1. The summed E-state index contributed by atoms with van der Waals surface area (Å²) in [6.45, 7) is 2.67. The second-order valence-corrected chi connectivity index (χ2v) is 4.40. The third-order valence-electron chi connectivity index (χ3n) is 3.07. The van der Waals surface area contributed by atoms with E-state index in [-0.39, 0.29) is 12.6 Å². The van der Waals surface area contributed by atoms with Crippen LogP contribution in [0.5, 0.6) is 5.75 Å². The Balaban J connectivity index is 1.90. The van der Waals surface area contributed by atoms with Crippen LogP contribution in [0.1, 0.15) is 30.0 Å². The summed E-state index contributed by atoms with van der Waals surface area (Å²) in [5, 5.41) is 12.3. The second kappa shape index (κ2) is 6.41. The molecule has 19 heavy (non-hydrogen) atoms. The molecular weight excluding hydrogens is 242 g/mol. The first-order valence-electron chi connectivity index (χ1n) is 6.28. The third kappa shape index (κ3) is 3.59. The first-order chi connectivity index (χ1) is 9.22. The fraction of sp³-hybridized carbons (Fsp3) is 0.333. The van der Waals surface area contributed by atoms with Gasteiger partial charge in [-0.1, -0.05) is 12.1 Å². The molecule has 1 atom stereocenters. The van der Waals surface area contributed by atoms with E-state index < -0.39 is 0 Å². The Kier molecular flexibility index (Phi) is 4.60. The Morgan fingerprint density at radius 2 is 1.84 bits per heavy atom. The molecule has 0 saturated carbocycles. The summed E-state index contributed by atoms with van der Waals surface area (Å²) in [6, 6.07) is 11.9. The lowest BCUT2D eigenvalue weighted by Crippen LogP contribution is -2.17. The summed E-state index contributed by atoms with van der Waals surface area (Å²) in [5.41, 5.74) is 1.19. The highest BCUT2D eigenvalue weighted by molar-refractivity contribution is 5.28. The Labute approximate surface area is 113 Å². The normalized spacial score (nSPS) is 12.4. The Morgan fingerprint density at radius 3 is 2.42 bits per heavy atom. The van der Waals surface area contributed by atoms with E-state index in [1.54, 1.807) is 13.2 Å². The molecule has 2 N–H and O–H groups in total. The average Bonchev–Trinajstić information content (AvgIpc) is 2.93. The summed E-state index contributed by atoms with van der Waals surface area (Å²) in [7, 11) is 1.66. The number of hydrogen-bond acceptors (Lipinski definition) is 4. The van der Waals surface area contributed by atoms with Crippen molar-refractivity contribution in [2.24, 2.45) is 0 Å². The molecule has 102 valence electrons. The summed E-state index contributed by atoms with van der Waals surface area (Å²) in [4.78, 5) is 0. The van der Waals surface area contributed by atoms with Crippen molar-refractivity contribution in [1.29, 1.82) is 0 Å². The summed E-state index contributed by atoms with van der Waals surface area (Å²) >= 11 is 0. The van der Waals surface area contributed by atoms with Gasteiger partial charge in [0.15, 0.2) is 0 Å². The van der Waals surface area contributed by atoms with Gasteiger partial charge in [0, 0.05) is 6.04 Å². The van der Waals surface area contributed by atoms with Gasteiger partial charge < -0.3 is 19.6 Å². The van der Waals surface area contributed by atoms with E-state index in [0.717, 1.165) is 11.5 Å². The number of methoxy groups -OCH3 is 1. The molecule has 0 saturated heterocycles. The smallest absolute Gasteiger partial charge is 0.129 e. The first kappa shape index (κ1) is 13.6. The number of aliphatic hydroxyl groups is 1. The van der Waals surface area contributed by atoms with Crippen molar-refractivity contribution in [1.82, 2.24) is 5.32 Å². The standard InChI is InChI=1S/C15H19NO3/c1-11(12-3-5-13(18-2)6-4-12)16-9-14-7-8-15(10-17)19-14/h3-8,11,16-17H,9-10H2,1-2H3/t11-/m0/s1. The number of furan rings is 1. The Hall–Kier alpha value is -1.78. The van der Waals surface area contributed by atoms with Crippen molar-refractivity contribution in [3.8, 4) is 5.75 Å². The van der Waals surface area contributed by atoms with Crippen LogP contribution in [0.15, 0.2) is 40.8 Å². The highest BCUT2D eigenvalue weighted by Crippen LogP contribution is 2.18. The molecule has 1 aromatic heterocycles. The second-order valence-electron chi connectivity index (χ2n) is 4.40. The highest BCUT2D eigenvalue weighted by Gasteiger charge is 2.07. The van der Waals surface area contributed by atoms with Crippen molar-refractivity contribution in [2.45, 2.75) is 26.1 Å². The van der Waals surface area contributed by atoms with Gasteiger partial charge in [-0.05, 0) is 36.8 Å².